The van der Waals surface area contributed by atoms with Gasteiger partial charge in [-0.25, -0.2) is 0 Å². The zero-order chi connectivity index (χ0) is 27.2. The van der Waals surface area contributed by atoms with Gasteiger partial charge in [0.1, 0.15) is 24.7 Å². The third kappa shape index (κ3) is 5.57. The van der Waals surface area contributed by atoms with Crippen LogP contribution < -0.4 is 9.47 Å². The first-order valence-electron chi connectivity index (χ1n) is 13.3. The van der Waals surface area contributed by atoms with Crippen LogP contribution in [0.5, 0.6) is 11.5 Å². The smallest absolute Gasteiger partial charge is 0.119 e. The van der Waals surface area contributed by atoms with E-state index in [1.165, 1.54) is 22.3 Å². The van der Waals surface area contributed by atoms with E-state index in [1.54, 1.807) is 0 Å². The van der Waals surface area contributed by atoms with Crippen LogP contribution in [0.1, 0.15) is 35.1 Å². The highest BCUT2D eigenvalue weighted by molar-refractivity contribution is 7.80. The minimum atomic E-state index is -0.540. The van der Waals surface area contributed by atoms with Crippen molar-refractivity contribution < 1.29 is 19.7 Å². The van der Waals surface area contributed by atoms with Gasteiger partial charge in [-0.1, -0.05) is 72.8 Å². The van der Waals surface area contributed by atoms with Gasteiger partial charge in [-0.3, -0.25) is 0 Å². The van der Waals surface area contributed by atoms with Crippen LogP contribution in [0.25, 0.3) is 11.1 Å². The monoisotopic (exact) mass is 558 g/mol. The predicted octanol–water partition coefficient (Wildman–Crippen LogP) is 6.17. The molecule has 1 aliphatic carbocycles. The van der Waals surface area contributed by atoms with Gasteiger partial charge in [-0.05, 0) is 82.0 Å². The number of benzene rings is 4. The molecular weight excluding hydrogens is 524 g/mol. The van der Waals surface area contributed by atoms with Crippen molar-refractivity contribution in [2.75, 3.05) is 24.7 Å². The molecule has 5 rings (SSSR count). The molecule has 0 bridgehead atoms. The molecule has 0 radical (unpaired) electrons. The number of fused-ring (bicyclic) bond motifs is 3. The van der Waals surface area contributed by atoms with Crippen molar-refractivity contribution in [3.63, 3.8) is 0 Å². The number of ether oxygens (including phenoxy) is 2. The van der Waals surface area contributed by atoms with Crippen LogP contribution >= 0.6 is 25.3 Å². The summed E-state index contributed by atoms with van der Waals surface area (Å²) < 4.78 is 11.7. The molecule has 0 fully saturated rings. The molecule has 6 heteroatoms. The number of rotatable bonds is 12. The van der Waals surface area contributed by atoms with Crippen molar-refractivity contribution in [3.8, 4) is 22.6 Å². The predicted molar refractivity (Wildman–Crippen MR) is 164 cm³/mol. The first-order valence-corrected chi connectivity index (χ1v) is 14.6. The van der Waals surface area contributed by atoms with Crippen LogP contribution in [0.4, 0.5) is 0 Å². The second-order valence-corrected chi connectivity index (χ2v) is 10.7. The molecule has 0 heterocycles. The van der Waals surface area contributed by atoms with Crippen LogP contribution in [0.3, 0.4) is 0 Å². The van der Waals surface area contributed by atoms with Crippen molar-refractivity contribution in [2.24, 2.45) is 0 Å². The quantitative estimate of drug-likeness (QED) is 0.138. The van der Waals surface area contributed by atoms with E-state index in [0.29, 0.717) is 24.3 Å². The zero-order valence-corrected chi connectivity index (χ0v) is 23.5. The molecule has 2 atom stereocenters. The summed E-state index contributed by atoms with van der Waals surface area (Å²) in [4.78, 5) is 0. The first-order chi connectivity index (χ1) is 19.1. The van der Waals surface area contributed by atoms with Gasteiger partial charge in [0.05, 0.1) is 17.6 Å². The lowest BCUT2D eigenvalue weighted by Gasteiger charge is -2.34. The van der Waals surface area contributed by atoms with E-state index in [2.05, 4.69) is 98.1 Å². The fourth-order valence-corrected chi connectivity index (χ4v) is 6.07. The second kappa shape index (κ2) is 12.5. The number of hydrogen-bond acceptors (Lipinski definition) is 6. The highest BCUT2D eigenvalue weighted by Crippen LogP contribution is 2.56. The Morgan fingerprint density at radius 2 is 0.949 bits per heavy atom. The fourth-order valence-electron chi connectivity index (χ4n) is 5.48. The number of aliphatic hydroxyl groups excluding tert-OH is 2. The molecule has 0 saturated heterocycles. The largest absolute Gasteiger partial charge is 0.491 e. The third-order valence-electron chi connectivity index (χ3n) is 7.34. The summed E-state index contributed by atoms with van der Waals surface area (Å²) in [7, 11) is 0. The van der Waals surface area contributed by atoms with E-state index in [0.717, 1.165) is 22.6 Å². The molecule has 202 valence electrons. The maximum atomic E-state index is 10.1. The average molecular weight is 559 g/mol. The molecule has 39 heavy (non-hydrogen) atoms. The maximum Gasteiger partial charge on any atom is 0.119 e. The Morgan fingerprint density at radius 1 is 0.564 bits per heavy atom. The van der Waals surface area contributed by atoms with Gasteiger partial charge in [-0.2, -0.15) is 25.3 Å². The summed E-state index contributed by atoms with van der Waals surface area (Å²) in [6.07, 6.45) is 0.0981. The average Bonchev–Trinajstić information content (AvgIpc) is 3.27. The Balaban J connectivity index is 1.56. The van der Waals surface area contributed by atoms with E-state index in [1.807, 2.05) is 24.3 Å². The van der Waals surface area contributed by atoms with Crippen LogP contribution in [0.15, 0.2) is 97.1 Å². The van der Waals surface area contributed by atoms with Crippen LogP contribution in [0, 0.1) is 0 Å². The van der Waals surface area contributed by atoms with Crippen molar-refractivity contribution in [1.82, 2.24) is 0 Å². The molecule has 0 saturated carbocycles. The second-order valence-electron chi connectivity index (χ2n) is 9.84. The van der Waals surface area contributed by atoms with Crippen LogP contribution in [0.2, 0.25) is 0 Å². The molecule has 4 aromatic rings. The Labute approximate surface area is 241 Å². The van der Waals surface area contributed by atoms with Gasteiger partial charge in [0, 0.05) is 0 Å². The van der Waals surface area contributed by atoms with Gasteiger partial charge in [0.15, 0.2) is 0 Å². The first kappa shape index (κ1) is 27.7. The molecule has 2 unspecified atom stereocenters. The fraction of sp³-hybridized carbons (Fsp3) is 0.273. The Bertz CT molecular complexity index is 1260. The summed E-state index contributed by atoms with van der Waals surface area (Å²) >= 11 is 8.38. The van der Waals surface area contributed by atoms with Crippen molar-refractivity contribution in [3.05, 3.63) is 119 Å². The third-order valence-corrected chi connectivity index (χ3v) is 7.85. The molecule has 0 spiro atoms. The Morgan fingerprint density at radius 3 is 1.33 bits per heavy atom. The van der Waals surface area contributed by atoms with Crippen LogP contribution in [-0.4, -0.2) is 47.1 Å². The highest BCUT2D eigenvalue weighted by Gasteiger charge is 2.45. The lowest BCUT2D eigenvalue weighted by atomic mass is 9.68. The lowest BCUT2D eigenvalue weighted by molar-refractivity contribution is 0.105. The van der Waals surface area contributed by atoms with Gasteiger partial charge < -0.3 is 19.7 Å². The summed E-state index contributed by atoms with van der Waals surface area (Å²) in [5.74, 6) is 2.67. The van der Waals surface area contributed by atoms with Crippen molar-refractivity contribution in [1.29, 1.82) is 0 Å². The van der Waals surface area contributed by atoms with Gasteiger partial charge in [0.25, 0.3) is 0 Å². The summed E-state index contributed by atoms with van der Waals surface area (Å²) in [5, 5.41) is 20.1. The van der Waals surface area contributed by atoms with E-state index < -0.39 is 17.6 Å². The van der Waals surface area contributed by atoms with E-state index in [-0.39, 0.29) is 13.2 Å². The van der Waals surface area contributed by atoms with Gasteiger partial charge in [-0.15, -0.1) is 0 Å². The Kier molecular flexibility index (Phi) is 8.88. The maximum absolute atomic E-state index is 10.1. The number of aliphatic hydroxyl groups is 2. The lowest BCUT2D eigenvalue weighted by Crippen LogP contribution is -2.28. The molecular formula is C33H34O4S2. The summed E-state index contributed by atoms with van der Waals surface area (Å²) in [6.45, 7) is 0.474. The van der Waals surface area contributed by atoms with E-state index >= 15 is 0 Å². The summed E-state index contributed by atoms with van der Waals surface area (Å²) in [6, 6.07) is 33.6. The molecule has 0 aromatic heterocycles. The number of thiol groups is 2. The van der Waals surface area contributed by atoms with Gasteiger partial charge >= 0.3 is 0 Å². The van der Waals surface area contributed by atoms with Crippen molar-refractivity contribution >= 4 is 25.3 Å². The standard InChI is InChI=1S/C33H34O4S2/c34-25(17-19-38)21-36-27-13-9-23(10-14-27)33(24-11-15-28(16-12-24)37-22-26(35)18-20-39)31-7-3-1-5-29(31)30-6-2-4-8-32(30)33/h1-16,25-26,34-35,38-39H,17-22H2. The molecule has 4 aromatic carbocycles. The van der Waals surface area contributed by atoms with E-state index in [9.17, 15) is 10.2 Å². The zero-order valence-electron chi connectivity index (χ0n) is 21.7. The Hall–Kier alpha value is -2.90. The minimum absolute atomic E-state index is 0.237. The number of hydrogen-bond donors (Lipinski definition) is 4. The molecule has 2 N–H and O–H groups in total. The molecule has 0 amide bonds. The van der Waals surface area contributed by atoms with Crippen LogP contribution in [-0.2, 0) is 5.41 Å². The van der Waals surface area contributed by atoms with E-state index in [4.69, 9.17) is 9.47 Å². The van der Waals surface area contributed by atoms with Crippen molar-refractivity contribution in [2.45, 2.75) is 30.5 Å². The SMILES string of the molecule is OC(CCS)COc1ccc(C2(c3ccc(OCC(O)CCS)cc3)c3ccccc3-c3ccccc32)cc1. The highest BCUT2D eigenvalue weighted by atomic mass is 32.1. The molecule has 4 nitrogen and oxygen atoms in total. The molecule has 1 aliphatic rings. The minimum Gasteiger partial charge on any atom is -0.491 e. The normalized spacial score (nSPS) is 14.8. The topological polar surface area (TPSA) is 58.9 Å². The van der Waals surface area contributed by atoms with Gasteiger partial charge in [0.2, 0.25) is 0 Å². The molecule has 0 aliphatic heterocycles. The summed E-state index contributed by atoms with van der Waals surface area (Å²) in [5.41, 5.74) is 6.62.